The van der Waals surface area contributed by atoms with Gasteiger partial charge in [0.1, 0.15) is 4.21 Å². The zero-order chi connectivity index (χ0) is 13.3. The van der Waals surface area contributed by atoms with Crippen LogP contribution in [-0.2, 0) is 10.0 Å². The lowest BCUT2D eigenvalue weighted by molar-refractivity contribution is 0.603. The molecular weight excluding hydrogens is 358 g/mol. The summed E-state index contributed by atoms with van der Waals surface area (Å²) < 4.78 is 28.1. The van der Waals surface area contributed by atoms with Crippen molar-refractivity contribution in [2.75, 3.05) is 4.72 Å². The lowest BCUT2D eigenvalue weighted by Gasteiger charge is -2.09. The number of rotatable bonds is 3. The van der Waals surface area contributed by atoms with E-state index in [1.165, 1.54) is 6.07 Å². The molecule has 0 atom stereocenters. The number of sulfonamides is 1. The van der Waals surface area contributed by atoms with E-state index in [0.29, 0.717) is 14.5 Å². The molecule has 0 unspecified atom stereocenters. The molecule has 3 nitrogen and oxygen atoms in total. The minimum atomic E-state index is -3.58. The van der Waals surface area contributed by atoms with Crippen LogP contribution in [0.2, 0.25) is 4.34 Å². The Balaban J connectivity index is 2.36. The van der Waals surface area contributed by atoms with Crippen LogP contribution < -0.4 is 4.72 Å². The van der Waals surface area contributed by atoms with Gasteiger partial charge < -0.3 is 0 Å². The second-order valence-corrected chi connectivity index (χ2v) is 8.13. The van der Waals surface area contributed by atoms with Gasteiger partial charge in [-0.25, -0.2) is 8.42 Å². The standard InChI is InChI=1S/C11H9BrClNO2S2/c1-7-2-3-8(12)9(6-7)14-18(15,16)11-5-4-10(13)17-11/h2-6,14H,1H3. The second-order valence-electron chi connectivity index (χ2n) is 3.65. The summed E-state index contributed by atoms with van der Waals surface area (Å²) in [7, 11) is -3.58. The predicted octanol–water partition coefficient (Wildman–Crippen LogP) is 4.27. The van der Waals surface area contributed by atoms with Crippen LogP contribution in [0.15, 0.2) is 39.0 Å². The summed E-state index contributed by atoms with van der Waals surface area (Å²) in [5.74, 6) is 0. The molecule has 0 amide bonds. The molecule has 1 aromatic heterocycles. The smallest absolute Gasteiger partial charge is 0.271 e. The summed E-state index contributed by atoms with van der Waals surface area (Å²) >= 11 is 10.1. The Morgan fingerprint density at radius 1 is 1.28 bits per heavy atom. The molecule has 96 valence electrons. The number of thiophene rings is 1. The molecule has 0 radical (unpaired) electrons. The number of halogens is 2. The maximum absolute atomic E-state index is 12.1. The van der Waals surface area contributed by atoms with E-state index < -0.39 is 10.0 Å². The predicted molar refractivity (Wildman–Crippen MR) is 79.0 cm³/mol. The van der Waals surface area contributed by atoms with Crippen LogP contribution in [0.25, 0.3) is 0 Å². The molecule has 2 aromatic rings. The third kappa shape index (κ3) is 3.06. The average Bonchev–Trinajstić information content (AvgIpc) is 2.71. The molecule has 1 heterocycles. The van der Waals surface area contributed by atoms with Gasteiger partial charge >= 0.3 is 0 Å². The van der Waals surface area contributed by atoms with E-state index in [2.05, 4.69) is 20.7 Å². The maximum Gasteiger partial charge on any atom is 0.271 e. The quantitative estimate of drug-likeness (QED) is 0.881. The molecular formula is C11H9BrClNO2S2. The van der Waals surface area contributed by atoms with Gasteiger partial charge in [0.15, 0.2) is 0 Å². The Hall–Kier alpha value is -0.560. The highest BCUT2D eigenvalue weighted by Gasteiger charge is 2.17. The summed E-state index contributed by atoms with van der Waals surface area (Å²) in [6.45, 7) is 1.90. The van der Waals surface area contributed by atoms with Gasteiger partial charge in [-0.15, -0.1) is 11.3 Å². The first-order valence-corrected chi connectivity index (χ1v) is 8.40. The zero-order valence-corrected chi connectivity index (χ0v) is 13.3. The van der Waals surface area contributed by atoms with E-state index in [9.17, 15) is 8.42 Å². The van der Waals surface area contributed by atoms with Crippen LogP contribution in [0.4, 0.5) is 5.69 Å². The van der Waals surface area contributed by atoms with Crippen LogP contribution >= 0.6 is 38.9 Å². The first-order valence-electron chi connectivity index (χ1n) is 4.93. The van der Waals surface area contributed by atoms with Crippen molar-refractivity contribution < 1.29 is 8.42 Å². The van der Waals surface area contributed by atoms with E-state index >= 15 is 0 Å². The largest absolute Gasteiger partial charge is 0.278 e. The molecule has 0 aliphatic heterocycles. The fourth-order valence-electron chi connectivity index (χ4n) is 1.35. The van der Waals surface area contributed by atoms with Gasteiger partial charge in [-0.05, 0) is 52.7 Å². The number of aryl methyl sites for hydroxylation is 1. The highest BCUT2D eigenvalue weighted by Crippen LogP contribution is 2.30. The number of hydrogen-bond acceptors (Lipinski definition) is 3. The van der Waals surface area contributed by atoms with Crippen molar-refractivity contribution in [3.63, 3.8) is 0 Å². The minimum Gasteiger partial charge on any atom is -0.278 e. The monoisotopic (exact) mass is 365 g/mol. The van der Waals surface area contributed by atoms with E-state index in [0.717, 1.165) is 16.9 Å². The summed E-state index contributed by atoms with van der Waals surface area (Å²) in [5, 5.41) is 0. The molecule has 0 aliphatic rings. The third-order valence-corrected chi connectivity index (χ3v) is 5.96. The second kappa shape index (κ2) is 5.21. The highest BCUT2D eigenvalue weighted by atomic mass is 79.9. The molecule has 0 bridgehead atoms. The lowest BCUT2D eigenvalue weighted by Crippen LogP contribution is -2.11. The molecule has 0 saturated carbocycles. The van der Waals surface area contributed by atoms with E-state index in [1.54, 1.807) is 18.2 Å². The van der Waals surface area contributed by atoms with Crippen LogP contribution in [0.1, 0.15) is 5.56 Å². The van der Waals surface area contributed by atoms with Crippen molar-refractivity contribution in [1.82, 2.24) is 0 Å². The Bertz CT molecular complexity index is 682. The van der Waals surface area contributed by atoms with Crippen molar-refractivity contribution in [1.29, 1.82) is 0 Å². The number of benzene rings is 1. The van der Waals surface area contributed by atoms with Gasteiger partial charge in [0.05, 0.1) is 10.0 Å². The van der Waals surface area contributed by atoms with E-state index in [-0.39, 0.29) is 4.21 Å². The van der Waals surface area contributed by atoms with Gasteiger partial charge in [-0.2, -0.15) is 0 Å². The van der Waals surface area contributed by atoms with E-state index in [4.69, 9.17) is 11.6 Å². The van der Waals surface area contributed by atoms with Crippen molar-refractivity contribution in [3.8, 4) is 0 Å². The third-order valence-electron chi connectivity index (χ3n) is 2.18. The van der Waals surface area contributed by atoms with Crippen LogP contribution in [0.3, 0.4) is 0 Å². The fourth-order valence-corrected chi connectivity index (χ4v) is 4.38. The molecule has 18 heavy (non-hydrogen) atoms. The molecule has 0 aliphatic carbocycles. The number of nitrogens with one attached hydrogen (secondary N) is 1. The minimum absolute atomic E-state index is 0.195. The van der Waals surface area contributed by atoms with Crippen LogP contribution in [0.5, 0.6) is 0 Å². The van der Waals surface area contributed by atoms with Gasteiger partial charge in [-0.1, -0.05) is 17.7 Å². The Kier molecular flexibility index (Phi) is 4.01. The summed E-state index contributed by atoms with van der Waals surface area (Å²) in [6.07, 6.45) is 0. The zero-order valence-electron chi connectivity index (χ0n) is 9.28. The number of hydrogen-bond donors (Lipinski definition) is 1. The van der Waals surface area contributed by atoms with Crippen molar-refractivity contribution in [2.24, 2.45) is 0 Å². The van der Waals surface area contributed by atoms with Crippen LogP contribution in [-0.4, -0.2) is 8.42 Å². The summed E-state index contributed by atoms with van der Waals surface area (Å²) in [4.78, 5) is 0. The Morgan fingerprint density at radius 2 is 2.00 bits per heavy atom. The molecule has 0 saturated heterocycles. The Labute approximate surface area is 123 Å². The molecule has 7 heteroatoms. The lowest BCUT2D eigenvalue weighted by atomic mass is 10.2. The summed E-state index contributed by atoms with van der Waals surface area (Å²) in [6, 6.07) is 8.50. The Morgan fingerprint density at radius 3 is 2.61 bits per heavy atom. The maximum atomic E-state index is 12.1. The molecule has 0 fully saturated rings. The van der Waals surface area contributed by atoms with Crippen molar-refractivity contribution in [3.05, 3.63) is 44.7 Å². The van der Waals surface area contributed by atoms with Gasteiger partial charge in [0, 0.05) is 4.47 Å². The SMILES string of the molecule is Cc1ccc(Br)c(NS(=O)(=O)c2ccc(Cl)s2)c1. The topological polar surface area (TPSA) is 46.2 Å². The normalized spacial score (nSPS) is 11.5. The van der Waals surface area contributed by atoms with Crippen molar-refractivity contribution >= 4 is 54.6 Å². The fraction of sp³-hybridized carbons (Fsp3) is 0.0909. The number of anilines is 1. The van der Waals surface area contributed by atoms with E-state index in [1.807, 2.05) is 13.0 Å². The first-order chi connectivity index (χ1) is 8.38. The molecule has 1 N–H and O–H groups in total. The van der Waals surface area contributed by atoms with Crippen LogP contribution in [0, 0.1) is 6.92 Å². The highest BCUT2D eigenvalue weighted by molar-refractivity contribution is 9.10. The molecule has 1 aromatic carbocycles. The van der Waals surface area contributed by atoms with Gasteiger partial charge in [0.25, 0.3) is 10.0 Å². The molecule has 2 rings (SSSR count). The average molecular weight is 367 g/mol. The first kappa shape index (κ1) is 13.9. The summed E-state index contributed by atoms with van der Waals surface area (Å²) in [5.41, 5.74) is 1.49. The van der Waals surface area contributed by atoms with Gasteiger partial charge in [-0.3, -0.25) is 4.72 Å². The molecule has 0 spiro atoms. The van der Waals surface area contributed by atoms with Gasteiger partial charge in [0.2, 0.25) is 0 Å². The van der Waals surface area contributed by atoms with Crippen molar-refractivity contribution in [2.45, 2.75) is 11.1 Å².